The summed E-state index contributed by atoms with van der Waals surface area (Å²) in [5.41, 5.74) is 5.35. The number of hydrogen-bond donors (Lipinski definition) is 3. The van der Waals surface area contributed by atoms with E-state index < -0.39 is 17.8 Å². The molecular weight excluding hydrogens is 627 g/mol. The molecule has 1 aromatic carbocycles. The second-order valence-electron chi connectivity index (χ2n) is 12.2. The monoisotopic (exact) mass is 661 g/mol. The number of aromatic nitrogens is 4. The molecule has 2 atom stereocenters. The van der Waals surface area contributed by atoms with E-state index in [1.54, 1.807) is 9.80 Å². The van der Waals surface area contributed by atoms with E-state index in [1.165, 1.54) is 46.9 Å². The highest BCUT2D eigenvalue weighted by Crippen LogP contribution is 2.38. The van der Waals surface area contributed by atoms with Gasteiger partial charge in [0, 0.05) is 63.7 Å². The quantitative estimate of drug-likeness (QED) is 0.350. The van der Waals surface area contributed by atoms with Gasteiger partial charge in [0.25, 0.3) is 11.8 Å². The van der Waals surface area contributed by atoms with E-state index in [9.17, 15) is 27.6 Å². The summed E-state index contributed by atoms with van der Waals surface area (Å²) >= 11 is 6.46. The number of benzene rings is 1. The fraction of sp³-hybridized carbons (Fsp3) is 0.500. The summed E-state index contributed by atoms with van der Waals surface area (Å²) in [5, 5.41) is 9.56. The van der Waals surface area contributed by atoms with Gasteiger partial charge in [-0.1, -0.05) is 11.6 Å². The number of nitrogens with one attached hydrogen (secondary N) is 2. The minimum Gasteiger partial charge on any atom is -0.335 e. The highest BCUT2D eigenvalue weighted by molar-refractivity contribution is 6.34. The van der Waals surface area contributed by atoms with Gasteiger partial charge in [-0.05, 0) is 56.2 Å². The summed E-state index contributed by atoms with van der Waals surface area (Å²) in [5.74, 6) is -0.773. The van der Waals surface area contributed by atoms with Gasteiger partial charge in [-0.2, -0.15) is 18.3 Å². The normalized spacial score (nSPS) is 20.2. The molecule has 16 heteroatoms. The molecule has 0 bridgehead atoms. The first kappa shape index (κ1) is 31.9. The van der Waals surface area contributed by atoms with Crippen molar-refractivity contribution in [3.8, 4) is 11.3 Å². The Kier molecular flexibility index (Phi) is 8.72. The smallest absolute Gasteiger partial charge is 0.335 e. The van der Waals surface area contributed by atoms with Crippen LogP contribution in [0.15, 0.2) is 30.6 Å². The fourth-order valence-electron chi connectivity index (χ4n) is 6.00. The van der Waals surface area contributed by atoms with Crippen molar-refractivity contribution >= 4 is 35.1 Å². The van der Waals surface area contributed by atoms with Crippen molar-refractivity contribution in [1.82, 2.24) is 34.4 Å². The molecule has 0 unspecified atom stereocenters. The fourth-order valence-corrected chi connectivity index (χ4v) is 6.26. The molecule has 3 fully saturated rings. The van der Waals surface area contributed by atoms with Gasteiger partial charge in [-0.15, -0.1) is 0 Å². The van der Waals surface area contributed by atoms with Gasteiger partial charge in [-0.3, -0.25) is 14.3 Å². The van der Waals surface area contributed by atoms with Crippen LogP contribution in [-0.2, 0) is 19.8 Å². The summed E-state index contributed by atoms with van der Waals surface area (Å²) in [7, 11) is 1.46. The SMILES string of the molecule is Cn1c(-c2cn(CC3CC3)nc2C(F)(F)F)cnc1C(=O)Nc1ccc(C(=O)N2CCN(C(=O)N[C@@H]3CC[C@@H](N)C3)CC2)c(Cl)c1. The minimum absolute atomic E-state index is 0.0726. The van der Waals surface area contributed by atoms with Crippen LogP contribution in [0, 0.1) is 5.92 Å². The van der Waals surface area contributed by atoms with Crippen LogP contribution in [0.25, 0.3) is 11.3 Å². The Morgan fingerprint density at radius 1 is 1.07 bits per heavy atom. The molecule has 2 aliphatic carbocycles. The molecule has 4 N–H and O–H groups in total. The first-order valence-corrected chi connectivity index (χ1v) is 15.6. The molecule has 2 saturated carbocycles. The highest BCUT2D eigenvalue weighted by Gasteiger charge is 2.39. The second kappa shape index (κ2) is 12.6. The van der Waals surface area contributed by atoms with Crippen LogP contribution >= 0.6 is 11.6 Å². The van der Waals surface area contributed by atoms with Gasteiger partial charge < -0.3 is 30.7 Å². The third-order valence-electron chi connectivity index (χ3n) is 8.75. The van der Waals surface area contributed by atoms with Crippen molar-refractivity contribution < 1.29 is 27.6 Å². The number of piperazine rings is 1. The average Bonchev–Trinajstić information content (AvgIpc) is 3.35. The van der Waals surface area contributed by atoms with Gasteiger partial charge in [-0.25, -0.2) is 9.78 Å². The Labute approximate surface area is 268 Å². The van der Waals surface area contributed by atoms with Crippen molar-refractivity contribution in [2.24, 2.45) is 18.7 Å². The van der Waals surface area contributed by atoms with E-state index in [0.717, 1.165) is 32.1 Å². The lowest BCUT2D eigenvalue weighted by atomic mass is 10.1. The van der Waals surface area contributed by atoms with Gasteiger partial charge in [0.05, 0.1) is 28.0 Å². The molecule has 246 valence electrons. The van der Waals surface area contributed by atoms with Crippen LogP contribution in [0.1, 0.15) is 58.8 Å². The zero-order chi connectivity index (χ0) is 32.7. The summed E-state index contributed by atoms with van der Waals surface area (Å²) in [6, 6.07) is 4.46. The predicted octanol–water partition coefficient (Wildman–Crippen LogP) is 3.97. The van der Waals surface area contributed by atoms with E-state index in [1.807, 2.05) is 0 Å². The van der Waals surface area contributed by atoms with Crippen molar-refractivity contribution in [3.05, 3.63) is 52.7 Å². The number of imidazole rings is 1. The Hall–Kier alpha value is -4.11. The number of halogens is 4. The average molecular weight is 662 g/mol. The zero-order valence-electron chi connectivity index (χ0n) is 25.2. The Balaban J connectivity index is 1.08. The molecule has 2 aromatic heterocycles. The van der Waals surface area contributed by atoms with E-state index in [0.29, 0.717) is 38.6 Å². The molecule has 46 heavy (non-hydrogen) atoms. The lowest BCUT2D eigenvalue weighted by Gasteiger charge is -2.35. The van der Waals surface area contributed by atoms with E-state index in [-0.39, 0.29) is 57.4 Å². The summed E-state index contributed by atoms with van der Waals surface area (Å²) in [6.07, 6.45) is 2.30. The van der Waals surface area contributed by atoms with Crippen LogP contribution in [0.2, 0.25) is 5.02 Å². The summed E-state index contributed by atoms with van der Waals surface area (Å²) in [4.78, 5) is 46.4. The Morgan fingerprint density at radius 2 is 1.78 bits per heavy atom. The number of urea groups is 1. The molecule has 3 heterocycles. The third kappa shape index (κ3) is 6.84. The molecule has 3 aliphatic rings. The third-order valence-corrected chi connectivity index (χ3v) is 9.06. The number of anilines is 1. The van der Waals surface area contributed by atoms with Crippen LogP contribution < -0.4 is 16.4 Å². The number of amides is 4. The summed E-state index contributed by atoms with van der Waals surface area (Å²) in [6.45, 7) is 1.82. The van der Waals surface area contributed by atoms with Gasteiger partial charge >= 0.3 is 12.2 Å². The molecule has 4 amide bonds. The highest BCUT2D eigenvalue weighted by atomic mass is 35.5. The van der Waals surface area contributed by atoms with Crippen LogP contribution in [-0.4, -0.2) is 85.2 Å². The zero-order valence-corrected chi connectivity index (χ0v) is 25.9. The van der Waals surface area contributed by atoms with Crippen molar-refractivity contribution in [3.63, 3.8) is 0 Å². The van der Waals surface area contributed by atoms with Crippen LogP contribution in [0.3, 0.4) is 0 Å². The van der Waals surface area contributed by atoms with Gasteiger partial charge in [0.15, 0.2) is 11.5 Å². The Morgan fingerprint density at radius 3 is 2.41 bits per heavy atom. The lowest BCUT2D eigenvalue weighted by molar-refractivity contribution is -0.141. The maximum absolute atomic E-state index is 13.8. The summed E-state index contributed by atoms with van der Waals surface area (Å²) < 4.78 is 44.0. The van der Waals surface area contributed by atoms with Gasteiger partial charge in [0.1, 0.15) is 0 Å². The molecule has 0 radical (unpaired) electrons. The number of alkyl halides is 3. The standard InChI is InChI=1S/C30H35ClF3N9O3/c1-40-24(22-16-43(15-17-2-3-17)39-25(22)30(32,33)34)14-36-26(40)27(44)37-20-6-7-21(23(31)13-20)28(45)41-8-10-42(11-9-41)29(46)38-19-5-4-18(35)12-19/h6-7,13-14,16-19H,2-5,8-12,15,35H2,1H3,(H,37,44)(H,38,46)/t18-,19-/m1/s1. The number of rotatable bonds is 7. The van der Waals surface area contributed by atoms with Crippen molar-refractivity contribution in [2.75, 3.05) is 31.5 Å². The van der Waals surface area contributed by atoms with Crippen LogP contribution in [0.4, 0.5) is 23.7 Å². The molecular formula is C30H35ClF3N9O3. The first-order valence-electron chi connectivity index (χ1n) is 15.2. The van der Waals surface area contributed by atoms with E-state index in [4.69, 9.17) is 17.3 Å². The predicted molar refractivity (Wildman–Crippen MR) is 163 cm³/mol. The second-order valence-corrected chi connectivity index (χ2v) is 12.6. The molecule has 1 saturated heterocycles. The maximum atomic E-state index is 13.8. The van der Waals surface area contributed by atoms with E-state index in [2.05, 4.69) is 20.7 Å². The van der Waals surface area contributed by atoms with Crippen molar-refractivity contribution in [1.29, 1.82) is 0 Å². The molecule has 6 rings (SSSR count). The van der Waals surface area contributed by atoms with E-state index >= 15 is 0 Å². The van der Waals surface area contributed by atoms with Crippen molar-refractivity contribution in [2.45, 2.75) is 56.9 Å². The first-order chi connectivity index (χ1) is 21.9. The van der Waals surface area contributed by atoms with Gasteiger partial charge in [0.2, 0.25) is 0 Å². The molecule has 0 spiro atoms. The lowest BCUT2D eigenvalue weighted by Crippen LogP contribution is -2.54. The number of carbonyl (C=O) groups is 3. The number of nitrogens with two attached hydrogens (primary N) is 1. The van der Waals surface area contributed by atoms with Crippen LogP contribution in [0.5, 0.6) is 0 Å². The molecule has 1 aliphatic heterocycles. The number of nitrogens with zero attached hydrogens (tertiary/aromatic N) is 6. The largest absolute Gasteiger partial charge is 0.435 e. The maximum Gasteiger partial charge on any atom is 0.435 e. The minimum atomic E-state index is -4.68. The molecule has 12 nitrogen and oxygen atoms in total. The number of hydrogen-bond acceptors (Lipinski definition) is 6. The topological polar surface area (TPSA) is 143 Å². The molecule has 3 aromatic rings. The Bertz CT molecular complexity index is 1640. The number of carbonyl (C=O) groups excluding carboxylic acids is 3.